The Balaban J connectivity index is 2.27. The van der Waals surface area contributed by atoms with E-state index in [2.05, 4.69) is 5.10 Å². The van der Waals surface area contributed by atoms with Crippen LogP contribution in [0.15, 0.2) is 48.5 Å². The number of ether oxygens (including phenoxy) is 1. The number of carbonyl (C=O) groups is 1. The zero-order valence-electron chi connectivity index (χ0n) is 14.5. The van der Waals surface area contributed by atoms with Gasteiger partial charge in [-0.2, -0.15) is 5.10 Å². The maximum atomic E-state index is 12.0. The molecule has 1 N–H and O–H groups in total. The summed E-state index contributed by atoms with van der Waals surface area (Å²) in [5, 5.41) is 14.4. The van der Waals surface area contributed by atoms with Crippen molar-refractivity contribution in [2.24, 2.45) is 0 Å². The molecule has 128 valence electrons. The summed E-state index contributed by atoms with van der Waals surface area (Å²) < 4.78 is 6.99. The van der Waals surface area contributed by atoms with E-state index in [1.807, 2.05) is 56.3 Å². The Bertz CT molecular complexity index is 928. The highest BCUT2D eigenvalue weighted by molar-refractivity contribution is 5.96. The molecule has 0 saturated carbocycles. The molecule has 0 radical (unpaired) electrons. The largest absolute Gasteiger partial charge is 0.497 e. The second-order valence-corrected chi connectivity index (χ2v) is 5.81. The zero-order valence-corrected chi connectivity index (χ0v) is 14.5. The molecule has 0 saturated heterocycles. The molecule has 5 nitrogen and oxygen atoms in total. The summed E-state index contributed by atoms with van der Waals surface area (Å²) in [7, 11) is 1.58. The van der Waals surface area contributed by atoms with Crippen molar-refractivity contribution in [2.75, 3.05) is 7.11 Å². The Morgan fingerprint density at radius 3 is 2.60 bits per heavy atom. The summed E-state index contributed by atoms with van der Waals surface area (Å²) in [6.07, 6.45) is 0.562. The second kappa shape index (κ2) is 6.81. The Kier molecular flexibility index (Phi) is 4.57. The number of methoxy groups -OCH3 is 1. The lowest BCUT2D eigenvalue weighted by molar-refractivity contribution is 0.0696. The maximum Gasteiger partial charge on any atom is 0.339 e. The maximum absolute atomic E-state index is 12.0. The predicted molar refractivity (Wildman–Crippen MR) is 96.6 cm³/mol. The molecular formula is C20H20N2O3. The Hall–Kier alpha value is -3.08. The molecule has 25 heavy (non-hydrogen) atoms. The van der Waals surface area contributed by atoms with Crippen molar-refractivity contribution in [1.29, 1.82) is 0 Å². The molecule has 0 aliphatic carbocycles. The fraction of sp³-hybridized carbons (Fsp3) is 0.200. The summed E-state index contributed by atoms with van der Waals surface area (Å²) in [6.45, 7) is 3.94. The fourth-order valence-electron chi connectivity index (χ4n) is 2.95. The quantitative estimate of drug-likeness (QED) is 0.761. The molecule has 0 fully saturated rings. The molecule has 1 heterocycles. The molecule has 0 aliphatic heterocycles. The van der Waals surface area contributed by atoms with Gasteiger partial charge in [-0.05, 0) is 43.2 Å². The fourth-order valence-corrected chi connectivity index (χ4v) is 2.95. The third kappa shape index (κ3) is 3.13. The molecule has 0 unspecified atom stereocenters. The highest BCUT2D eigenvalue weighted by Gasteiger charge is 2.24. The SMILES string of the molecule is CCc1c(C(=O)O)c(-c2cccc(OC)c2)nn1-c1cccc(C)c1. The number of hydrogen-bond acceptors (Lipinski definition) is 3. The number of aromatic carboxylic acids is 1. The van der Waals surface area contributed by atoms with Crippen LogP contribution in [0.5, 0.6) is 5.75 Å². The summed E-state index contributed by atoms with van der Waals surface area (Å²) in [5.41, 5.74) is 4.03. The topological polar surface area (TPSA) is 64.3 Å². The summed E-state index contributed by atoms with van der Waals surface area (Å²) in [5.74, 6) is -0.314. The van der Waals surface area contributed by atoms with Crippen molar-refractivity contribution in [3.63, 3.8) is 0 Å². The number of nitrogens with zero attached hydrogens (tertiary/aromatic N) is 2. The minimum Gasteiger partial charge on any atom is -0.497 e. The van der Waals surface area contributed by atoms with Gasteiger partial charge in [-0.25, -0.2) is 9.48 Å². The van der Waals surface area contributed by atoms with E-state index in [9.17, 15) is 9.90 Å². The molecule has 5 heteroatoms. The van der Waals surface area contributed by atoms with Crippen molar-refractivity contribution < 1.29 is 14.6 Å². The first-order chi connectivity index (χ1) is 12.0. The lowest BCUT2D eigenvalue weighted by Gasteiger charge is -2.07. The van der Waals surface area contributed by atoms with Crippen molar-refractivity contribution in [3.05, 3.63) is 65.4 Å². The summed E-state index contributed by atoms with van der Waals surface area (Å²) in [4.78, 5) is 12.0. The molecule has 0 aliphatic rings. The number of carboxylic acid groups (broad SMARTS) is 1. The highest BCUT2D eigenvalue weighted by Crippen LogP contribution is 2.30. The van der Waals surface area contributed by atoms with Crippen LogP contribution in [-0.4, -0.2) is 28.0 Å². The van der Waals surface area contributed by atoms with E-state index in [1.165, 1.54) is 0 Å². The minimum atomic E-state index is -0.978. The molecule has 0 bridgehead atoms. The number of aromatic nitrogens is 2. The van der Waals surface area contributed by atoms with Gasteiger partial charge in [-0.3, -0.25) is 0 Å². The van der Waals surface area contributed by atoms with E-state index >= 15 is 0 Å². The Morgan fingerprint density at radius 1 is 1.20 bits per heavy atom. The third-order valence-corrected chi connectivity index (χ3v) is 4.12. The van der Waals surface area contributed by atoms with Gasteiger partial charge in [0.15, 0.2) is 0 Å². The minimum absolute atomic E-state index is 0.234. The van der Waals surface area contributed by atoms with E-state index in [4.69, 9.17) is 4.74 Å². The van der Waals surface area contributed by atoms with E-state index in [0.717, 1.165) is 16.8 Å². The van der Waals surface area contributed by atoms with Gasteiger partial charge in [0, 0.05) is 5.56 Å². The molecule has 3 aromatic rings. The lowest BCUT2D eigenvalue weighted by atomic mass is 10.0. The molecule has 2 aromatic carbocycles. The van der Waals surface area contributed by atoms with Crippen LogP contribution in [0, 0.1) is 6.92 Å². The van der Waals surface area contributed by atoms with Gasteiger partial charge < -0.3 is 9.84 Å². The Labute approximate surface area is 146 Å². The highest BCUT2D eigenvalue weighted by atomic mass is 16.5. The van der Waals surface area contributed by atoms with Crippen molar-refractivity contribution in [1.82, 2.24) is 9.78 Å². The van der Waals surface area contributed by atoms with Crippen molar-refractivity contribution in [3.8, 4) is 22.7 Å². The molecule has 0 amide bonds. The number of aryl methyl sites for hydroxylation is 1. The molecule has 0 atom stereocenters. The molecular weight excluding hydrogens is 316 g/mol. The van der Waals surface area contributed by atoms with Crippen LogP contribution in [-0.2, 0) is 6.42 Å². The van der Waals surface area contributed by atoms with Crippen LogP contribution in [0.1, 0.15) is 28.5 Å². The molecule has 0 spiro atoms. The van der Waals surface area contributed by atoms with Gasteiger partial charge in [0.05, 0.1) is 18.5 Å². The smallest absolute Gasteiger partial charge is 0.339 e. The monoisotopic (exact) mass is 336 g/mol. The van der Waals surface area contributed by atoms with Crippen molar-refractivity contribution >= 4 is 5.97 Å². The predicted octanol–water partition coefficient (Wildman–Crippen LogP) is 4.12. The Morgan fingerprint density at radius 2 is 1.96 bits per heavy atom. The van der Waals surface area contributed by atoms with Gasteiger partial charge in [-0.1, -0.05) is 31.2 Å². The normalized spacial score (nSPS) is 10.7. The molecule has 3 rings (SSSR count). The number of carboxylic acids is 1. The first-order valence-electron chi connectivity index (χ1n) is 8.11. The van der Waals surface area contributed by atoms with Crippen LogP contribution in [0.2, 0.25) is 0 Å². The van der Waals surface area contributed by atoms with Crippen LogP contribution in [0.25, 0.3) is 16.9 Å². The van der Waals surface area contributed by atoms with Crippen LogP contribution in [0.4, 0.5) is 0 Å². The van der Waals surface area contributed by atoms with E-state index in [0.29, 0.717) is 23.6 Å². The average molecular weight is 336 g/mol. The van der Waals surface area contributed by atoms with Gasteiger partial charge in [-0.15, -0.1) is 0 Å². The molecule has 1 aromatic heterocycles. The van der Waals surface area contributed by atoms with E-state index in [-0.39, 0.29) is 5.56 Å². The van der Waals surface area contributed by atoms with Crippen LogP contribution in [0.3, 0.4) is 0 Å². The zero-order chi connectivity index (χ0) is 18.0. The van der Waals surface area contributed by atoms with Gasteiger partial charge in [0.25, 0.3) is 0 Å². The second-order valence-electron chi connectivity index (χ2n) is 5.81. The first-order valence-corrected chi connectivity index (χ1v) is 8.11. The first kappa shape index (κ1) is 16.8. The van der Waals surface area contributed by atoms with Gasteiger partial charge in [0.2, 0.25) is 0 Å². The van der Waals surface area contributed by atoms with E-state index in [1.54, 1.807) is 17.9 Å². The lowest BCUT2D eigenvalue weighted by Crippen LogP contribution is -2.05. The summed E-state index contributed by atoms with van der Waals surface area (Å²) >= 11 is 0. The van der Waals surface area contributed by atoms with E-state index < -0.39 is 5.97 Å². The average Bonchev–Trinajstić information content (AvgIpc) is 3.01. The van der Waals surface area contributed by atoms with Gasteiger partial charge in [0.1, 0.15) is 17.0 Å². The van der Waals surface area contributed by atoms with Crippen LogP contribution >= 0.6 is 0 Å². The standard InChI is InChI=1S/C20H20N2O3/c1-4-17-18(20(23)24)19(14-8-6-10-16(12-14)25-3)21-22(17)15-9-5-7-13(2)11-15/h5-12H,4H2,1-3H3,(H,23,24). The van der Waals surface area contributed by atoms with Crippen LogP contribution < -0.4 is 4.74 Å². The number of benzene rings is 2. The number of rotatable bonds is 5. The number of hydrogen-bond donors (Lipinski definition) is 1. The van der Waals surface area contributed by atoms with Crippen molar-refractivity contribution in [2.45, 2.75) is 20.3 Å². The van der Waals surface area contributed by atoms with Gasteiger partial charge >= 0.3 is 5.97 Å². The summed E-state index contributed by atoms with van der Waals surface area (Å²) in [6, 6.07) is 15.2. The third-order valence-electron chi connectivity index (χ3n) is 4.12.